The average molecular weight is 294 g/mol. The maximum absolute atomic E-state index is 6.42. The van der Waals surface area contributed by atoms with E-state index in [1.54, 1.807) is 13.3 Å². The predicted octanol–water partition coefficient (Wildman–Crippen LogP) is 2.85. The quantitative estimate of drug-likeness (QED) is 0.922. The molecule has 1 aromatic carbocycles. The Bertz CT molecular complexity index is 595. The predicted molar refractivity (Wildman–Crippen MR) is 81.1 cm³/mol. The van der Waals surface area contributed by atoms with E-state index in [9.17, 15) is 0 Å². The van der Waals surface area contributed by atoms with Gasteiger partial charge >= 0.3 is 0 Å². The van der Waals surface area contributed by atoms with Crippen LogP contribution in [0, 0.1) is 13.8 Å². The van der Waals surface area contributed by atoms with Crippen LogP contribution in [0.25, 0.3) is 0 Å². The smallest absolute Gasteiger partial charge is 0.0837 e. The lowest BCUT2D eigenvalue weighted by Crippen LogP contribution is -2.20. The van der Waals surface area contributed by atoms with Crippen molar-refractivity contribution in [1.29, 1.82) is 0 Å². The van der Waals surface area contributed by atoms with Crippen molar-refractivity contribution in [3.63, 3.8) is 0 Å². The number of nitrogens with two attached hydrogens (primary N) is 1. The molecule has 4 nitrogen and oxygen atoms in total. The molecular weight excluding hydrogens is 274 g/mol. The highest BCUT2D eigenvalue weighted by Gasteiger charge is 2.20. The third-order valence-corrected chi connectivity index (χ3v) is 3.70. The van der Waals surface area contributed by atoms with Gasteiger partial charge in [0.05, 0.1) is 36.1 Å². The minimum absolute atomic E-state index is 0.290. The van der Waals surface area contributed by atoms with Gasteiger partial charge < -0.3 is 10.5 Å². The second-order valence-corrected chi connectivity index (χ2v) is 5.34. The summed E-state index contributed by atoms with van der Waals surface area (Å²) in [5, 5.41) is 4.87. The van der Waals surface area contributed by atoms with E-state index in [4.69, 9.17) is 22.1 Å². The van der Waals surface area contributed by atoms with Crippen molar-refractivity contribution in [3.8, 4) is 0 Å². The molecular formula is C15H20ClN3O. The van der Waals surface area contributed by atoms with Gasteiger partial charge in [0.1, 0.15) is 0 Å². The third-order valence-electron chi connectivity index (χ3n) is 3.40. The molecule has 1 unspecified atom stereocenters. The summed E-state index contributed by atoms with van der Waals surface area (Å²) in [6, 6.07) is 5.97. The molecule has 0 saturated heterocycles. The highest BCUT2D eigenvalue weighted by Crippen LogP contribution is 2.28. The Morgan fingerprint density at radius 3 is 2.85 bits per heavy atom. The highest BCUT2D eigenvalue weighted by atomic mass is 35.5. The summed E-state index contributed by atoms with van der Waals surface area (Å²) < 4.78 is 6.91. The molecule has 0 aliphatic rings. The number of halogens is 1. The SMILES string of the molecule is COCCn1ncc(Cl)c1C(N)c1cc(C)ccc1C. The van der Waals surface area contributed by atoms with Crippen molar-refractivity contribution in [2.75, 3.05) is 13.7 Å². The second kappa shape index (κ2) is 6.39. The normalized spacial score (nSPS) is 12.7. The molecule has 0 saturated carbocycles. The minimum Gasteiger partial charge on any atom is -0.383 e. The largest absolute Gasteiger partial charge is 0.383 e. The Morgan fingerprint density at radius 2 is 2.15 bits per heavy atom. The van der Waals surface area contributed by atoms with Crippen LogP contribution in [0.2, 0.25) is 5.02 Å². The number of hydrogen-bond acceptors (Lipinski definition) is 3. The van der Waals surface area contributed by atoms with Crippen molar-refractivity contribution in [2.24, 2.45) is 5.73 Å². The van der Waals surface area contributed by atoms with Gasteiger partial charge in [0.25, 0.3) is 0 Å². The summed E-state index contributed by atoms with van der Waals surface area (Å²) in [5.74, 6) is 0. The molecule has 0 amide bonds. The first kappa shape index (κ1) is 15.0. The van der Waals surface area contributed by atoms with Gasteiger partial charge in [0, 0.05) is 7.11 Å². The number of ether oxygens (including phenoxy) is 1. The fourth-order valence-electron chi connectivity index (χ4n) is 2.28. The van der Waals surface area contributed by atoms with E-state index in [1.165, 1.54) is 5.56 Å². The van der Waals surface area contributed by atoms with Crippen LogP contribution >= 0.6 is 11.6 Å². The molecule has 1 aromatic heterocycles. The standard InChI is InChI=1S/C15H20ClN3O/c1-10-4-5-11(2)12(8-10)14(17)15-13(16)9-18-19(15)6-7-20-3/h4-5,8-9,14H,6-7,17H2,1-3H3. The fraction of sp³-hybridized carbons (Fsp3) is 0.400. The van der Waals surface area contributed by atoms with Crippen molar-refractivity contribution in [1.82, 2.24) is 9.78 Å². The highest BCUT2D eigenvalue weighted by molar-refractivity contribution is 6.31. The number of aryl methyl sites for hydroxylation is 2. The number of benzene rings is 1. The van der Waals surface area contributed by atoms with Gasteiger partial charge in [-0.2, -0.15) is 5.10 Å². The molecule has 2 rings (SSSR count). The zero-order valence-corrected chi connectivity index (χ0v) is 12.8. The first-order valence-electron chi connectivity index (χ1n) is 6.57. The van der Waals surface area contributed by atoms with E-state index in [0.717, 1.165) is 16.8 Å². The molecule has 0 spiro atoms. The van der Waals surface area contributed by atoms with Crippen molar-refractivity contribution in [3.05, 3.63) is 51.8 Å². The van der Waals surface area contributed by atoms with Gasteiger partial charge in [-0.15, -0.1) is 0 Å². The van der Waals surface area contributed by atoms with E-state index in [1.807, 2.05) is 4.68 Å². The van der Waals surface area contributed by atoms with Crippen LogP contribution in [-0.4, -0.2) is 23.5 Å². The van der Waals surface area contributed by atoms with Crippen LogP contribution in [0.15, 0.2) is 24.4 Å². The van der Waals surface area contributed by atoms with Crippen LogP contribution in [-0.2, 0) is 11.3 Å². The fourth-order valence-corrected chi connectivity index (χ4v) is 2.54. The molecule has 0 radical (unpaired) electrons. The molecule has 20 heavy (non-hydrogen) atoms. The first-order valence-corrected chi connectivity index (χ1v) is 6.95. The Labute approximate surface area is 124 Å². The molecule has 2 aromatic rings. The molecule has 0 bridgehead atoms. The van der Waals surface area contributed by atoms with E-state index in [0.29, 0.717) is 18.2 Å². The van der Waals surface area contributed by atoms with Crippen LogP contribution in [0.3, 0.4) is 0 Å². The Hall–Kier alpha value is -1.36. The summed E-state index contributed by atoms with van der Waals surface area (Å²) in [6.07, 6.45) is 1.64. The lowest BCUT2D eigenvalue weighted by Gasteiger charge is -2.18. The van der Waals surface area contributed by atoms with Gasteiger partial charge in [-0.05, 0) is 25.0 Å². The van der Waals surface area contributed by atoms with Crippen molar-refractivity contribution >= 4 is 11.6 Å². The molecule has 0 fully saturated rings. The molecule has 108 valence electrons. The lowest BCUT2D eigenvalue weighted by atomic mass is 9.97. The molecule has 5 heteroatoms. The molecule has 0 aliphatic heterocycles. The second-order valence-electron chi connectivity index (χ2n) is 4.93. The Balaban J connectivity index is 2.39. The maximum Gasteiger partial charge on any atom is 0.0837 e. The zero-order valence-electron chi connectivity index (χ0n) is 12.1. The van der Waals surface area contributed by atoms with E-state index >= 15 is 0 Å². The van der Waals surface area contributed by atoms with E-state index in [2.05, 4.69) is 37.1 Å². The maximum atomic E-state index is 6.42. The Morgan fingerprint density at radius 1 is 1.40 bits per heavy atom. The number of methoxy groups -OCH3 is 1. The van der Waals surface area contributed by atoms with Crippen molar-refractivity contribution < 1.29 is 4.74 Å². The average Bonchev–Trinajstić information content (AvgIpc) is 2.79. The number of aromatic nitrogens is 2. The lowest BCUT2D eigenvalue weighted by molar-refractivity contribution is 0.182. The van der Waals surface area contributed by atoms with Gasteiger partial charge in [-0.1, -0.05) is 35.4 Å². The van der Waals surface area contributed by atoms with Gasteiger partial charge in [0.15, 0.2) is 0 Å². The van der Waals surface area contributed by atoms with Crippen LogP contribution in [0.1, 0.15) is 28.4 Å². The zero-order chi connectivity index (χ0) is 14.7. The van der Waals surface area contributed by atoms with Gasteiger partial charge in [-0.3, -0.25) is 4.68 Å². The van der Waals surface area contributed by atoms with Crippen molar-refractivity contribution in [2.45, 2.75) is 26.4 Å². The van der Waals surface area contributed by atoms with Gasteiger partial charge in [0.2, 0.25) is 0 Å². The van der Waals surface area contributed by atoms with E-state index in [-0.39, 0.29) is 6.04 Å². The Kier molecular flexibility index (Phi) is 4.81. The third kappa shape index (κ3) is 3.03. The topological polar surface area (TPSA) is 53.1 Å². The van der Waals surface area contributed by atoms with Crippen LogP contribution in [0.5, 0.6) is 0 Å². The minimum atomic E-state index is -0.290. The summed E-state index contributed by atoms with van der Waals surface area (Å²) in [4.78, 5) is 0. The molecule has 1 atom stereocenters. The number of hydrogen-bond donors (Lipinski definition) is 1. The monoisotopic (exact) mass is 293 g/mol. The summed E-state index contributed by atoms with van der Waals surface area (Å²) in [5.41, 5.74) is 10.7. The summed E-state index contributed by atoms with van der Waals surface area (Å²) in [6.45, 7) is 5.32. The van der Waals surface area contributed by atoms with Crippen LogP contribution < -0.4 is 5.73 Å². The van der Waals surface area contributed by atoms with Crippen LogP contribution in [0.4, 0.5) is 0 Å². The molecule has 2 N–H and O–H groups in total. The molecule has 0 aliphatic carbocycles. The first-order chi connectivity index (χ1) is 9.54. The van der Waals surface area contributed by atoms with Gasteiger partial charge in [-0.25, -0.2) is 0 Å². The number of nitrogens with zero attached hydrogens (tertiary/aromatic N) is 2. The van der Waals surface area contributed by atoms with E-state index < -0.39 is 0 Å². The molecule has 1 heterocycles. The number of rotatable bonds is 5. The summed E-state index contributed by atoms with van der Waals surface area (Å²) >= 11 is 6.26. The summed E-state index contributed by atoms with van der Waals surface area (Å²) in [7, 11) is 1.66.